The summed E-state index contributed by atoms with van der Waals surface area (Å²) in [6.45, 7) is 0.834. The summed E-state index contributed by atoms with van der Waals surface area (Å²) in [5, 5.41) is 3.05. The van der Waals surface area contributed by atoms with E-state index in [1.54, 1.807) is 0 Å². The average Bonchev–Trinajstić information content (AvgIpc) is 2.52. The average molecular weight is 215 g/mol. The van der Waals surface area contributed by atoms with E-state index in [1.165, 1.54) is 24.0 Å². The Morgan fingerprint density at radius 1 is 1.12 bits per heavy atom. The Hall–Kier alpha value is -1.31. The number of aryl methyl sites for hydroxylation is 1. The Bertz CT molecular complexity index is 413. The minimum Gasteiger partial charge on any atom is -0.355 e. The van der Waals surface area contributed by atoms with Gasteiger partial charge in [0.15, 0.2) is 0 Å². The van der Waals surface area contributed by atoms with Gasteiger partial charge in [0.25, 0.3) is 0 Å². The zero-order valence-electron chi connectivity index (χ0n) is 9.41. The van der Waals surface area contributed by atoms with E-state index in [1.807, 2.05) is 0 Å². The molecule has 1 aliphatic carbocycles. The summed E-state index contributed by atoms with van der Waals surface area (Å²) in [6, 6.07) is 8.71. The van der Waals surface area contributed by atoms with Crippen LogP contribution in [0, 0.1) is 5.92 Å². The number of amides is 1. The van der Waals surface area contributed by atoms with Crippen LogP contribution in [0.4, 0.5) is 0 Å². The number of hydrogen-bond donors (Lipinski definition) is 1. The maximum atomic E-state index is 11.4. The van der Waals surface area contributed by atoms with Crippen molar-refractivity contribution in [2.24, 2.45) is 5.92 Å². The molecule has 1 aliphatic heterocycles. The summed E-state index contributed by atoms with van der Waals surface area (Å²) >= 11 is 0. The Morgan fingerprint density at radius 2 is 1.94 bits per heavy atom. The van der Waals surface area contributed by atoms with Gasteiger partial charge >= 0.3 is 0 Å². The van der Waals surface area contributed by atoms with Crippen molar-refractivity contribution in [2.45, 2.75) is 31.6 Å². The van der Waals surface area contributed by atoms with Crippen molar-refractivity contribution in [2.75, 3.05) is 6.54 Å². The van der Waals surface area contributed by atoms with Crippen LogP contribution >= 0.6 is 0 Å². The fourth-order valence-corrected chi connectivity index (χ4v) is 3.17. The number of benzene rings is 1. The highest BCUT2D eigenvalue weighted by atomic mass is 16.1. The third kappa shape index (κ3) is 1.62. The highest BCUT2D eigenvalue weighted by Gasteiger charge is 2.31. The van der Waals surface area contributed by atoms with E-state index < -0.39 is 0 Å². The van der Waals surface area contributed by atoms with E-state index in [2.05, 4.69) is 29.6 Å². The topological polar surface area (TPSA) is 29.1 Å². The van der Waals surface area contributed by atoms with Crippen molar-refractivity contribution in [3.8, 4) is 0 Å². The summed E-state index contributed by atoms with van der Waals surface area (Å²) in [5.74, 6) is 1.48. The van der Waals surface area contributed by atoms with E-state index in [0.29, 0.717) is 18.3 Å². The van der Waals surface area contributed by atoms with Crippen molar-refractivity contribution in [1.82, 2.24) is 5.32 Å². The van der Waals surface area contributed by atoms with Gasteiger partial charge < -0.3 is 5.32 Å². The van der Waals surface area contributed by atoms with E-state index in [0.717, 1.165) is 13.0 Å². The molecule has 0 saturated carbocycles. The van der Waals surface area contributed by atoms with Gasteiger partial charge in [0.2, 0.25) is 5.91 Å². The van der Waals surface area contributed by atoms with Crippen LogP contribution in [0.25, 0.3) is 0 Å². The van der Waals surface area contributed by atoms with Gasteiger partial charge in [-0.1, -0.05) is 24.3 Å². The van der Waals surface area contributed by atoms with Gasteiger partial charge in [-0.25, -0.2) is 0 Å². The molecule has 0 aromatic heterocycles. The molecular formula is C14H17NO. The van der Waals surface area contributed by atoms with Crippen LogP contribution < -0.4 is 5.32 Å². The first-order valence-electron chi connectivity index (χ1n) is 6.19. The van der Waals surface area contributed by atoms with Crippen LogP contribution in [0.1, 0.15) is 36.3 Å². The number of fused-ring (bicyclic) bond motifs is 3. The molecule has 1 heterocycles. The fourth-order valence-electron chi connectivity index (χ4n) is 3.17. The van der Waals surface area contributed by atoms with Gasteiger partial charge in [-0.05, 0) is 36.3 Å². The van der Waals surface area contributed by atoms with Crippen LogP contribution in [0.2, 0.25) is 0 Å². The Kier molecular flexibility index (Phi) is 2.43. The molecule has 3 rings (SSSR count). The third-order valence-corrected chi connectivity index (χ3v) is 4.07. The summed E-state index contributed by atoms with van der Waals surface area (Å²) < 4.78 is 0. The lowest BCUT2D eigenvalue weighted by molar-refractivity contribution is -0.120. The van der Waals surface area contributed by atoms with Crippen molar-refractivity contribution >= 4 is 5.91 Å². The molecule has 2 aliphatic rings. The molecule has 1 saturated heterocycles. The predicted molar refractivity (Wildman–Crippen MR) is 63.2 cm³/mol. The number of rotatable bonds is 0. The molecule has 0 radical (unpaired) electrons. The molecule has 2 atom stereocenters. The first kappa shape index (κ1) is 9.88. The zero-order chi connectivity index (χ0) is 11.0. The molecule has 1 aromatic rings. The normalized spacial score (nSPS) is 28.6. The van der Waals surface area contributed by atoms with Crippen LogP contribution in [0.5, 0.6) is 0 Å². The summed E-state index contributed by atoms with van der Waals surface area (Å²) in [6.07, 6.45) is 4.20. The van der Waals surface area contributed by atoms with Gasteiger partial charge in [0.05, 0.1) is 0 Å². The third-order valence-electron chi connectivity index (χ3n) is 4.07. The fraction of sp³-hybridized carbons (Fsp3) is 0.500. The maximum absolute atomic E-state index is 11.4. The molecule has 1 fully saturated rings. The highest BCUT2D eigenvalue weighted by molar-refractivity contribution is 5.76. The lowest BCUT2D eigenvalue weighted by Crippen LogP contribution is -2.29. The number of carbonyl (C=O) groups is 1. The number of hydrogen-bond acceptors (Lipinski definition) is 1. The molecule has 1 N–H and O–H groups in total. The second-order valence-electron chi connectivity index (χ2n) is 4.95. The molecule has 0 bridgehead atoms. The Labute approximate surface area is 96.1 Å². The van der Waals surface area contributed by atoms with Crippen molar-refractivity contribution in [3.05, 3.63) is 35.4 Å². The largest absolute Gasteiger partial charge is 0.355 e. The highest BCUT2D eigenvalue weighted by Crippen LogP contribution is 2.39. The van der Waals surface area contributed by atoms with E-state index >= 15 is 0 Å². The second kappa shape index (κ2) is 3.93. The van der Waals surface area contributed by atoms with Crippen LogP contribution in [0.3, 0.4) is 0 Å². The van der Waals surface area contributed by atoms with E-state index in [9.17, 15) is 4.79 Å². The standard InChI is InChI=1S/C14H17NO/c16-14-8-7-11-6-5-10-3-1-2-4-12(10)13(11)9-15-14/h1-4,11,13H,5-9H2,(H,15,16). The van der Waals surface area contributed by atoms with E-state index in [4.69, 9.17) is 0 Å². The predicted octanol–water partition coefficient (Wildman–Crippen LogP) is 2.24. The van der Waals surface area contributed by atoms with Crippen molar-refractivity contribution in [1.29, 1.82) is 0 Å². The zero-order valence-corrected chi connectivity index (χ0v) is 9.41. The molecule has 2 nitrogen and oxygen atoms in total. The number of carbonyl (C=O) groups excluding carboxylic acids is 1. The molecule has 16 heavy (non-hydrogen) atoms. The molecule has 1 aromatic carbocycles. The molecule has 2 heteroatoms. The first-order chi connectivity index (χ1) is 7.84. The van der Waals surface area contributed by atoms with Crippen LogP contribution in [0.15, 0.2) is 24.3 Å². The Balaban J connectivity index is 1.95. The van der Waals surface area contributed by atoms with Gasteiger partial charge in [-0.2, -0.15) is 0 Å². The number of nitrogens with one attached hydrogen (secondary N) is 1. The first-order valence-corrected chi connectivity index (χ1v) is 6.19. The summed E-state index contributed by atoms with van der Waals surface area (Å²) in [5.41, 5.74) is 2.96. The van der Waals surface area contributed by atoms with Gasteiger partial charge in [-0.3, -0.25) is 4.79 Å². The van der Waals surface area contributed by atoms with Crippen LogP contribution in [-0.2, 0) is 11.2 Å². The SMILES string of the molecule is O=C1CCC2CCc3ccccc3C2CN1. The van der Waals surface area contributed by atoms with Crippen molar-refractivity contribution in [3.63, 3.8) is 0 Å². The molecule has 84 valence electrons. The Morgan fingerprint density at radius 3 is 2.88 bits per heavy atom. The van der Waals surface area contributed by atoms with Crippen LogP contribution in [-0.4, -0.2) is 12.5 Å². The minimum absolute atomic E-state index is 0.229. The molecule has 2 unspecified atom stereocenters. The van der Waals surface area contributed by atoms with Gasteiger partial charge in [0, 0.05) is 18.9 Å². The van der Waals surface area contributed by atoms with Gasteiger partial charge in [0.1, 0.15) is 0 Å². The molecule has 0 spiro atoms. The lowest BCUT2D eigenvalue weighted by atomic mass is 9.74. The molecular weight excluding hydrogens is 198 g/mol. The van der Waals surface area contributed by atoms with E-state index in [-0.39, 0.29) is 5.91 Å². The quantitative estimate of drug-likeness (QED) is 0.706. The second-order valence-corrected chi connectivity index (χ2v) is 4.95. The lowest BCUT2D eigenvalue weighted by Gasteiger charge is -2.31. The van der Waals surface area contributed by atoms with Crippen molar-refractivity contribution < 1.29 is 4.79 Å². The monoisotopic (exact) mass is 215 g/mol. The summed E-state index contributed by atoms with van der Waals surface area (Å²) in [4.78, 5) is 11.4. The molecule has 1 amide bonds. The summed E-state index contributed by atoms with van der Waals surface area (Å²) in [7, 11) is 0. The van der Waals surface area contributed by atoms with Gasteiger partial charge in [-0.15, -0.1) is 0 Å². The maximum Gasteiger partial charge on any atom is 0.220 e. The smallest absolute Gasteiger partial charge is 0.220 e. The minimum atomic E-state index is 0.229.